The fourth-order valence-electron chi connectivity index (χ4n) is 2.13. The number of anilines is 2. The second-order valence-corrected chi connectivity index (χ2v) is 4.68. The van der Waals surface area contributed by atoms with E-state index in [1.54, 1.807) is 6.20 Å². The molecule has 0 spiro atoms. The molecular formula is C15H17N3O2. The van der Waals surface area contributed by atoms with E-state index in [4.69, 9.17) is 0 Å². The summed E-state index contributed by atoms with van der Waals surface area (Å²) >= 11 is 0. The summed E-state index contributed by atoms with van der Waals surface area (Å²) in [6.45, 7) is 6.11. The minimum atomic E-state index is -0.501. The molecule has 5 nitrogen and oxygen atoms in total. The van der Waals surface area contributed by atoms with E-state index in [1.807, 2.05) is 13.8 Å². The highest BCUT2D eigenvalue weighted by molar-refractivity contribution is 5.87. The molecule has 0 saturated heterocycles. The highest BCUT2D eigenvalue weighted by Gasteiger charge is 2.10. The molecule has 2 rings (SSSR count). The Bertz CT molecular complexity index is 630. The number of nitrogens with one attached hydrogen (secondary N) is 1. The molecule has 0 saturated carbocycles. The highest BCUT2D eigenvalue weighted by Crippen LogP contribution is 2.24. The molecule has 0 aliphatic heterocycles. The Morgan fingerprint density at radius 1 is 1.15 bits per heavy atom. The van der Waals surface area contributed by atoms with Crippen molar-refractivity contribution < 1.29 is 9.53 Å². The molecule has 1 aromatic heterocycles. The summed E-state index contributed by atoms with van der Waals surface area (Å²) in [6.07, 6.45) is 2.96. The maximum absolute atomic E-state index is 11.4. The normalized spacial score (nSPS) is 10.2. The van der Waals surface area contributed by atoms with Crippen LogP contribution in [0.15, 0.2) is 24.5 Å². The van der Waals surface area contributed by atoms with E-state index < -0.39 is 5.97 Å². The summed E-state index contributed by atoms with van der Waals surface area (Å²) in [5.41, 5.74) is 4.60. The van der Waals surface area contributed by atoms with Crippen LogP contribution in [0, 0.1) is 20.8 Å². The van der Waals surface area contributed by atoms with E-state index in [9.17, 15) is 4.79 Å². The SMILES string of the molecule is COC(=O)c1cncc(Nc2c(C)cc(C)cc2C)n1. The van der Waals surface area contributed by atoms with Crippen molar-refractivity contribution in [3.63, 3.8) is 0 Å². The third-order valence-electron chi connectivity index (χ3n) is 2.96. The number of methoxy groups -OCH3 is 1. The van der Waals surface area contributed by atoms with Crippen molar-refractivity contribution in [3.05, 3.63) is 46.9 Å². The maximum atomic E-state index is 11.4. The zero-order valence-corrected chi connectivity index (χ0v) is 12.0. The lowest BCUT2D eigenvalue weighted by Crippen LogP contribution is -2.07. The summed E-state index contributed by atoms with van der Waals surface area (Å²) in [4.78, 5) is 19.6. The molecule has 0 radical (unpaired) electrons. The van der Waals surface area contributed by atoms with Crippen molar-refractivity contribution in [1.29, 1.82) is 0 Å². The smallest absolute Gasteiger partial charge is 0.358 e. The Hall–Kier alpha value is -2.43. The van der Waals surface area contributed by atoms with Crippen LogP contribution in [-0.4, -0.2) is 23.0 Å². The predicted octanol–water partition coefficient (Wildman–Crippen LogP) is 2.93. The van der Waals surface area contributed by atoms with Gasteiger partial charge in [-0.25, -0.2) is 9.78 Å². The summed E-state index contributed by atoms with van der Waals surface area (Å²) in [5.74, 6) is 0.0152. The van der Waals surface area contributed by atoms with Crippen LogP contribution in [0.4, 0.5) is 11.5 Å². The van der Waals surface area contributed by atoms with Crippen LogP contribution in [-0.2, 0) is 4.74 Å². The molecule has 0 aliphatic rings. The Kier molecular flexibility index (Phi) is 3.98. The van der Waals surface area contributed by atoms with Gasteiger partial charge in [-0.15, -0.1) is 0 Å². The number of carbonyl (C=O) groups is 1. The third kappa shape index (κ3) is 2.93. The summed E-state index contributed by atoms with van der Waals surface area (Å²) < 4.78 is 4.64. The molecule has 0 bridgehead atoms. The number of esters is 1. The highest BCUT2D eigenvalue weighted by atomic mass is 16.5. The molecule has 104 valence electrons. The number of benzene rings is 1. The predicted molar refractivity (Wildman–Crippen MR) is 77.3 cm³/mol. The molecule has 1 N–H and O–H groups in total. The van der Waals surface area contributed by atoms with Crippen LogP contribution in [0.3, 0.4) is 0 Å². The molecule has 0 fully saturated rings. The van der Waals surface area contributed by atoms with E-state index in [2.05, 4.69) is 39.1 Å². The summed E-state index contributed by atoms with van der Waals surface area (Å²) in [7, 11) is 1.32. The average molecular weight is 271 g/mol. The second kappa shape index (κ2) is 5.69. The lowest BCUT2D eigenvalue weighted by Gasteiger charge is -2.13. The van der Waals surface area contributed by atoms with Crippen molar-refractivity contribution in [2.45, 2.75) is 20.8 Å². The average Bonchev–Trinajstić information content (AvgIpc) is 2.42. The Labute approximate surface area is 118 Å². The van der Waals surface area contributed by atoms with Gasteiger partial charge in [0, 0.05) is 5.69 Å². The number of aromatic nitrogens is 2. The van der Waals surface area contributed by atoms with Crippen LogP contribution in [0.5, 0.6) is 0 Å². The monoisotopic (exact) mass is 271 g/mol. The van der Waals surface area contributed by atoms with Gasteiger partial charge in [-0.1, -0.05) is 17.7 Å². The quantitative estimate of drug-likeness (QED) is 0.869. The molecule has 0 atom stereocenters. The molecular weight excluding hydrogens is 254 g/mol. The van der Waals surface area contributed by atoms with Crippen molar-refractivity contribution in [3.8, 4) is 0 Å². The van der Waals surface area contributed by atoms with Gasteiger partial charge in [0.2, 0.25) is 0 Å². The van der Waals surface area contributed by atoms with Gasteiger partial charge in [0.1, 0.15) is 5.82 Å². The summed E-state index contributed by atoms with van der Waals surface area (Å²) in [6, 6.07) is 4.18. The molecule has 1 heterocycles. The van der Waals surface area contributed by atoms with Crippen LogP contribution in [0.1, 0.15) is 27.2 Å². The molecule has 1 aromatic carbocycles. The number of hydrogen-bond donors (Lipinski definition) is 1. The Morgan fingerprint density at radius 2 is 1.80 bits per heavy atom. The molecule has 5 heteroatoms. The van der Waals surface area contributed by atoms with Gasteiger partial charge in [0.15, 0.2) is 5.69 Å². The van der Waals surface area contributed by atoms with E-state index >= 15 is 0 Å². The fourth-order valence-corrected chi connectivity index (χ4v) is 2.13. The Balaban J connectivity index is 2.33. The number of ether oxygens (including phenoxy) is 1. The molecule has 2 aromatic rings. The van der Waals surface area contributed by atoms with Gasteiger partial charge in [-0.2, -0.15) is 0 Å². The van der Waals surface area contributed by atoms with Crippen molar-refractivity contribution in [2.24, 2.45) is 0 Å². The van der Waals surface area contributed by atoms with Crippen LogP contribution in [0.2, 0.25) is 0 Å². The van der Waals surface area contributed by atoms with Crippen LogP contribution in [0.25, 0.3) is 0 Å². The van der Waals surface area contributed by atoms with Gasteiger partial charge in [0.05, 0.1) is 19.5 Å². The van der Waals surface area contributed by atoms with E-state index in [0.29, 0.717) is 5.82 Å². The number of carbonyl (C=O) groups excluding carboxylic acids is 1. The standard InChI is InChI=1S/C15H17N3O2/c1-9-5-10(2)14(11(3)6-9)18-13-8-16-7-12(17-13)15(19)20-4/h5-8H,1-4H3,(H,17,18). The second-order valence-electron chi connectivity index (χ2n) is 4.68. The first-order valence-corrected chi connectivity index (χ1v) is 6.26. The van der Waals surface area contributed by atoms with Gasteiger partial charge in [0.25, 0.3) is 0 Å². The van der Waals surface area contributed by atoms with E-state index in [-0.39, 0.29) is 5.69 Å². The lowest BCUT2D eigenvalue weighted by atomic mass is 10.1. The fraction of sp³-hybridized carbons (Fsp3) is 0.267. The maximum Gasteiger partial charge on any atom is 0.358 e. The van der Waals surface area contributed by atoms with Gasteiger partial charge in [-0.3, -0.25) is 4.98 Å². The molecule has 20 heavy (non-hydrogen) atoms. The lowest BCUT2D eigenvalue weighted by molar-refractivity contribution is 0.0593. The zero-order chi connectivity index (χ0) is 14.7. The Morgan fingerprint density at radius 3 is 2.40 bits per heavy atom. The minimum absolute atomic E-state index is 0.180. The van der Waals surface area contributed by atoms with E-state index in [0.717, 1.165) is 16.8 Å². The summed E-state index contributed by atoms with van der Waals surface area (Å²) in [5, 5.41) is 3.21. The number of hydrogen-bond acceptors (Lipinski definition) is 5. The molecule has 0 amide bonds. The number of aryl methyl sites for hydroxylation is 3. The zero-order valence-electron chi connectivity index (χ0n) is 12.0. The molecule has 0 unspecified atom stereocenters. The van der Waals surface area contributed by atoms with Crippen molar-refractivity contribution in [1.82, 2.24) is 9.97 Å². The van der Waals surface area contributed by atoms with Gasteiger partial charge < -0.3 is 10.1 Å². The van der Waals surface area contributed by atoms with Crippen molar-refractivity contribution in [2.75, 3.05) is 12.4 Å². The van der Waals surface area contributed by atoms with Crippen LogP contribution < -0.4 is 5.32 Å². The largest absolute Gasteiger partial charge is 0.464 e. The van der Waals surface area contributed by atoms with Gasteiger partial charge in [-0.05, 0) is 31.9 Å². The first-order chi connectivity index (χ1) is 9.51. The third-order valence-corrected chi connectivity index (χ3v) is 2.96. The van der Waals surface area contributed by atoms with Gasteiger partial charge >= 0.3 is 5.97 Å². The van der Waals surface area contributed by atoms with Crippen LogP contribution >= 0.6 is 0 Å². The number of nitrogens with zero attached hydrogens (tertiary/aromatic N) is 2. The number of rotatable bonds is 3. The first kappa shape index (κ1) is 14.0. The first-order valence-electron chi connectivity index (χ1n) is 6.26. The minimum Gasteiger partial charge on any atom is -0.464 e. The molecule has 0 aliphatic carbocycles. The van der Waals surface area contributed by atoms with E-state index in [1.165, 1.54) is 18.9 Å². The van der Waals surface area contributed by atoms with Crippen molar-refractivity contribution >= 4 is 17.5 Å². The topological polar surface area (TPSA) is 64.1 Å².